The third-order valence-electron chi connectivity index (χ3n) is 5.49. The molecule has 28 heavy (non-hydrogen) atoms. The van der Waals surface area contributed by atoms with Gasteiger partial charge in [-0.1, -0.05) is 75.9 Å². The highest BCUT2D eigenvalue weighted by Gasteiger charge is 2.15. The summed E-state index contributed by atoms with van der Waals surface area (Å²) >= 11 is 0. The molecular weight excluding hydrogens is 350 g/mol. The van der Waals surface area contributed by atoms with E-state index in [1.165, 1.54) is 18.4 Å². The molecule has 0 bridgehead atoms. The van der Waals surface area contributed by atoms with Gasteiger partial charge in [0.15, 0.2) is 11.6 Å². The van der Waals surface area contributed by atoms with Crippen molar-refractivity contribution in [2.24, 2.45) is 0 Å². The number of rotatable bonds is 9. The number of fused-ring (bicyclic) bond motifs is 1. The molecule has 0 N–H and O–H groups in total. The van der Waals surface area contributed by atoms with Gasteiger partial charge in [-0.25, -0.2) is 8.78 Å². The van der Waals surface area contributed by atoms with E-state index in [9.17, 15) is 8.78 Å². The van der Waals surface area contributed by atoms with E-state index >= 15 is 0 Å². The van der Waals surface area contributed by atoms with Crippen molar-refractivity contribution in [3.05, 3.63) is 71.3 Å². The van der Waals surface area contributed by atoms with Gasteiger partial charge in [0.2, 0.25) is 0 Å². The number of halogens is 2. The predicted octanol–water partition coefficient (Wildman–Crippen LogP) is 8.25. The maximum absolute atomic E-state index is 14.8. The molecule has 0 saturated heterocycles. The van der Waals surface area contributed by atoms with E-state index in [4.69, 9.17) is 0 Å². The number of hydrogen-bond acceptors (Lipinski definition) is 0. The van der Waals surface area contributed by atoms with Crippen LogP contribution in [0.2, 0.25) is 0 Å². The van der Waals surface area contributed by atoms with Crippen molar-refractivity contribution in [2.75, 3.05) is 0 Å². The van der Waals surface area contributed by atoms with Crippen molar-refractivity contribution in [3.63, 3.8) is 0 Å². The minimum Gasteiger partial charge on any atom is -0.203 e. The molecule has 0 aliphatic rings. The van der Waals surface area contributed by atoms with E-state index in [0.29, 0.717) is 10.9 Å². The van der Waals surface area contributed by atoms with Crippen LogP contribution in [0, 0.1) is 11.6 Å². The first-order valence-electron chi connectivity index (χ1n) is 10.6. The van der Waals surface area contributed by atoms with Crippen LogP contribution in [-0.4, -0.2) is 0 Å². The Hall–Kier alpha value is -2.22. The fourth-order valence-corrected chi connectivity index (χ4v) is 3.75. The number of unbranched alkanes of at least 4 members (excludes halogenated alkanes) is 4. The Morgan fingerprint density at radius 3 is 1.89 bits per heavy atom. The maximum Gasteiger partial charge on any atom is 0.167 e. The van der Waals surface area contributed by atoms with Gasteiger partial charge in [0.25, 0.3) is 0 Å². The molecule has 0 fully saturated rings. The predicted molar refractivity (Wildman–Crippen MR) is 116 cm³/mol. The van der Waals surface area contributed by atoms with Crippen LogP contribution in [0.5, 0.6) is 0 Å². The standard InChI is InChI=1S/C26H30F2/c1-3-5-7-9-19-11-14-21(15-12-19)24-18-22-16-13-20(10-8-6-4-2)17-23(22)25(27)26(24)28/h11-18H,3-10H2,1-2H3. The van der Waals surface area contributed by atoms with E-state index in [-0.39, 0.29) is 0 Å². The molecule has 0 heterocycles. The normalized spacial score (nSPS) is 11.3. The molecule has 0 saturated carbocycles. The van der Waals surface area contributed by atoms with E-state index in [1.807, 2.05) is 42.5 Å². The van der Waals surface area contributed by atoms with Crippen molar-refractivity contribution in [1.82, 2.24) is 0 Å². The largest absolute Gasteiger partial charge is 0.203 e. The van der Waals surface area contributed by atoms with Crippen LogP contribution in [0.1, 0.15) is 63.5 Å². The second-order valence-electron chi connectivity index (χ2n) is 7.72. The van der Waals surface area contributed by atoms with E-state index < -0.39 is 11.6 Å². The molecule has 0 aliphatic heterocycles. The molecule has 0 aliphatic carbocycles. The Labute approximate surface area is 167 Å². The highest BCUT2D eigenvalue weighted by Crippen LogP contribution is 2.32. The zero-order chi connectivity index (χ0) is 19.9. The quantitative estimate of drug-likeness (QED) is 0.328. The van der Waals surface area contributed by atoms with Gasteiger partial charge in [-0.15, -0.1) is 0 Å². The third kappa shape index (κ3) is 4.79. The molecular formula is C26H30F2. The Morgan fingerprint density at radius 2 is 1.25 bits per heavy atom. The monoisotopic (exact) mass is 380 g/mol. The summed E-state index contributed by atoms with van der Waals surface area (Å²) in [4.78, 5) is 0. The number of benzene rings is 3. The molecule has 3 aromatic carbocycles. The SMILES string of the molecule is CCCCCc1ccc(-c2cc3ccc(CCCCC)cc3c(F)c2F)cc1. The molecule has 0 radical (unpaired) electrons. The summed E-state index contributed by atoms with van der Waals surface area (Å²) in [6.07, 6.45) is 8.89. The Kier molecular flexibility index (Phi) is 7.19. The van der Waals surface area contributed by atoms with Gasteiger partial charge in [-0.3, -0.25) is 0 Å². The van der Waals surface area contributed by atoms with Crippen LogP contribution in [-0.2, 0) is 12.8 Å². The van der Waals surface area contributed by atoms with Crippen LogP contribution in [0.25, 0.3) is 21.9 Å². The minimum atomic E-state index is -0.753. The molecule has 0 unspecified atom stereocenters. The molecule has 0 nitrogen and oxygen atoms in total. The summed E-state index contributed by atoms with van der Waals surface area (Å²) < 4.78 is 29.7. The molecule has 0 amide bonds. The summed E-state index contributed by atoms with van der Waals surface area (Å²) in [6, 6.07) is 15.4. The van der Waals surface area contributed by atoms with Gasteiger partial charge < -0.3 is 0 Å². The van der Waals surface area contributed by atoms with Crippen LogP contribution >= 0.6 is 0 Å². The molecule has 148 valence electrons. The minimum absolute atomic E-state index is 0.337. The number of hydrogen-bond donors (Lipinski definition) is 0. The first-order valence-corrected chi connectivity index (χ1v) is 10.6. The van der Waals surface area contributed by atoms with Crippen LogP contribution in [0.15, 0.2) is 48.5 Å². The fourth-order valence-electron chi connectivity index (χ4n) is 3.75. The lowest BCUT2D eigenvalue weighted by atomic mass is 9.96. The topological polar surface area (TPSA) is 0 Å². The first-order chi connectivity index (χ1) is 13.6. The van der Waals surface area contributed by atoms with Crippen molar-refractivity contribution < 1.29 is 8.78 Å². The summed E-state index contributed by atoms with van der Waals surface area (Å²) in [6.45, 7) is 4.35. The lowest BCUT2D eigenvalue weighted by Gasteiger charge is -2.11. The van der Waals surface area contributed by atoms with Crippen molar-refractivity contribution in [1.29, 1.82) is 0 Å². The highest BCUT2D eigenvalue weighted by molar-refractivity contribution is 5.88. The maximum atomic E-state index is 14.8. The Balaban J connectivity index is 1.87. The second kappa shape index (κ2) is 9.82. The molecule has 2 heteroatoms. The van der Waals surface area contributed by atoms with E-state index in [2.05, 4.69) is 13.8 Å². The molecule has 3 aromatic rings. The fraction of sp³-hybridized carbons (Fsp3) is 0.385. The molecule has 0 aromatic heterocycles. The van der Waals surface area contributed by atoms with Crippen molar-refractivity contribution >= 4 is 10.8 Å². The lowest BCUT2D eigenvalue weighted by Crippen LogP contribution is -1.94. The average Bonchev–Trinajstić information content (AvgIpc) is 2.72. The number of aryl methyl sites for hydroxylation is 2. The summed E-state index contributed by atoms with van der Waals surface area (Å²) in [5.74, 6) is -1.49. The third-order valence-corrected chi connectivity index (χ3v) is 5.49. The zero-order valence-corrected chi connectivity index (χ0v) is 17.0. The van der Waals surface area contributed by atoms with Gasteiger partial charge >= 0.3 is 0 Å². The van der Waals surface area contributed by atoms with Gasteiger partial charge in [-0.05, 0) is 59.9 Å². The van der Waals surface area contributed by atoms with E-state index in [1.54, 1.807) is 6.07 Å². The molecule has 0 atom stereocenters. The average molecular weight is 381 g/mol. The first kappa shape index (κ1) is 20.5. The Morgan fingerprint density at radius 1 is 0.643 bits per heavy atom. The zero-order valence-electron chi connectivity index (χ0n) is 17.0. The highest BCUT2D eigenvalue weighted by atomic mass is 19.2. The van der Waals surface area contributed by atoms with Crippen molar-refractivity contribution in [2.45, 2.75) is 65.2 Å². The molecule has 3 rings (SSSR count). The van der Waals surface area contributed by atoms with Gasteiger partial charge in [0, 0.05) is 10.9 Å². The summed E-state index contributed by atoms with van der Waals surface area (Å²) in [5, 5.41) is 1.13. The van der Waals surface area contributed by atoms with Crippen molar-refractivity contribution in [3.8, 4) is 11.1 Å². The molecule has 0 spiro atoms. The van der Waals surface area contributed by atoms with Crippen LogP contribution < -0.4 is 0 Å². The second-order valence-corrected chi connectivity index (χ2v) is 7.72. The van der Waals surface area contributed by atoms with Crippen LogP contribution in [0.3, 0.4) is 0 Å². The van der Waals surface area contributed by atoms with Crippen LogP contribution in [0.4, 0.5) is 8.78 Å². The smallest absolute Gasteiger partial charge is 0.167 e. The van der Waals surface area contributed by atoms with Gasteiger partial charge in [0.1, 0.15) is 0 Å². The Bertz CT molecular complexity index is 910. The lowest BCUT2D eigenvalue weighted by molar-refractivity contribution is 0.519. The van der Waals surface area contributed by atoms with E-state index in [0.717, 1.165) is 55.0 Å². The summed E-state index contributed by atoms with van der Waals surface area (Å²) in [7, 11) is 0. The summed E-state index contributed by atoms with van der Waals surface area (Å²) in [5.41, 5.74) is 3.38. The van der Waals surface area contributed by atoms with Gasteiger partial charge in [-0.2, -0.15) is 0 Å². The van der Waals surface area contributed by atoms with Gasteiger partial charge in [0.05, 0.1) is 0 Å².